The fraction of sp³-hybridized carbons (Fsp3) is 0.138. The Morgan fingerprint density at radius 2 is 1.47 bits per heavy atom. The summed E-state index contributed by atoms with van der Waals surface area (Å²) in [5, 5.41) is 3.19. The number of nitrogens with zero attached hydrogens (tertiary/aromatic N) is 4. The van der Waals surface area contributed by atoms with Crippen LogP contribution < -0.4 is 4.90 Å². The zero-order chi connectivity index (χ0) is 22.9. The van der Waals surface area contributed by atoms with E-state index in [9.17, 15) is 4.79 Å². The van der Waals surface area contributed by atoms with Crippen LogP contribution in [0.15, 0.2) is 97.2 Å². The number of amides is 1. The molecule has 34 heavy (non-hydrogen) atoms. The Hall–Kier alpha value is -4.25. The molecule has 1 amide bonds. The minimum absolute atomic E-state index is 0.0563. The summed E-state index contributed by atoms with van der Waals surface area (Å²) in [6.45, 7) is 2.86. The molecule has 6 rings (SSSR count). The number of anilines is 1. The second kappa shape index (κ2) is 8.60. The first-order valence-electron chi connectivity index (χ1n) is 11.6. The predicted molar refractivity (Wildman–Crippen MR) is 137 cm³/mol. The zero-order valence-electron chi connectivity index (χ0n) is 18.8. The molecule has 0 bridgehead atoms. The number of pyridine rings is 2. The lowest BCUT2D eigenvalue weighted by atomic mass is 9.98. The molecule has 5 nitrogen and oxygen atoms in total. The maximum Gasteiger partial charge on any atom is 0.254 e. The van der Waals surface area contributed by atoms with Gasteiger partial charge in [-0.3, -0.25) is 4.79 Å². The van der Waals surface area contributed by atoms with Crippen LogP contribution in [0, 0.1) is 0 Å². The van der Waals surface area contributed by atoms with Crippen LogP contribution in [-0.4, -0.2) is 47.0 Å². The lowest BCUT2D eigenvalue weighted by Crippen LogP contribution is -2.49. The van der Waals surface area contributed by atoms with Crippen LogP contribution in [0.1, 0.15) is 10.4 Å². The molecule has 5 heteroatoms. The Bertz CT molecular complexity index is 1490. The van der Waals surface area contributed by atoms with Gasteiger partial charge in [0.15, 0.2) is 0 Å². The minimum Gasteiger partial charge on any atom is -0.353 e. The van der Waals surface area contributed by atoms with E-state index in [0.29, 0.717) is 18.7 Å². The number of piperazine rings is 1. The summed E-state index contributed by atoms with van der Waals surface area (Å²) in [7, 11) is 0. The SMILES string of the molecule is O=C(c1cc(-c2cccc3ccccc23)nc2ccccc12)N1CCN(c2ccccn2)CC1. The smallest absolute Gasteiger partial charge is 0.254 e. The third-order valence-electron chi connectivity index (χ3n) is 6.55. The molecule has 1 saturated heterocycles. The quantitative estimate of drug-likeness (QED) is 0.373. The Morgan fingerprint density at radius 3 is 2.29 bits per heavy atom. The topological polar surface area (TPSA) is 49.3 Å². The predicted octanol–water partition coefficient (Wildman–Crippen LogP) is 5.41. The van der Waals surface area contributed by atoms with Gasteiger partial charge in [0, 0.05) is 43.3 Å². The fourth-order valence-electron chi connectivity index (χ4n) is 4.79. The van der Waals surface area contributed by atoms with Gasteiger partial charge < -0.3 is 9.80 Å². The summed E-state index contributed by atoms with van der Waals surface area (Å²) >= 11 is 0. The van der Waals surface area contributed by atoms with Gasteiger partial charge in [-0.05, 0) is 35.0 Å². The summed E-state index contributed by atoms with van der Waals surface area (Å²) in [6, 6.07) is 30.4. The van der Waals surface area contributed by atoms with E-state index in [1.807, 2.05) is 77.8 Å². The van der Waals surface area contributed by atoms with Crippen molar-refractivity contribution < 1.29 is 4.79 Å². The molecule has 1 fully saturated rings. The highest BCUT2D eigenvalue weighted by Crippen LogP contribution is 2.31. The third kappa shape index (κ3) is 3.65. The third-order valence-corrected chi connectivity index (χ3v) is 6.55. The maximum absolute atomic E-state index is 13.8. The molecule has 3 aromatic carbocycles. The Balaban J connectivity index is 1.37. The average Bonchev–Trinajstić information content (AvgIpc) is 2.92. The molecule has 0 spiro atoms. The van der Waals surface area contributed by atoms with E-state index >= 15 is 0 Å². The maximum atomic E-state index is 13.8. The number of fused-ring (bicyclic) bond motifs is 2. The zero-order valence-corrected chi connectivity index (χ0v) is 18.8. The van der Waals surface area contributed by atoms with E-state index in [0.717, 1.165) is 51.8 Å². The van der Waals surface area contributed by atoms with Gasteiger partial charge in [0.05, 0.1) is 16.8 Å². The van der Waals surface area contributed by atoms with E-state index in [4.69, 9.17) is 4.98 Å². The number of benzene rings is 3. The number of aromatic nitrogens is 2. The normalized spacial score (nSPS) is 14.0. The largest absolute Gasteiger partial charge is 0.353 e. The van der Waals surface area contributed by atoms with Crippen molar-refractivity contribution in [2.24, 2.45) is 0 Å². The summed E-state index contributed by atoms with van der Waals surface area (Å²) in [5.41, 5.74) is 3.41. The summed E-state index contributed by atoms with van der Waals surface area (Å²) in [6.07, 6.45) is 1.81. The Morgan fingerprint density at radius 1 is 0.735 bits per heavy atom. The lowest BCUT2D eigenvalue weighted by Gasteiger charge is -2.35. The van der Waals surface area contributed by atoms with Crippen LogP contribution in [0.5, 0.6) is 0 Å². The number of rotatable bonds is 3. The fourth-order valence-corrected chi connectivity index (χ4v) is 4.79. The minimum atomic E-state index is 0.0563. The van der Waals surface area contributed by atoms with Gasteiger partial charge in [0.1, 0.15) is 5.82 Å². The second-order valence-corrected chi connectivity index (χ2v) is 8.57. The van der Waals surface area contributed by atoms with Crippen LogP contribution in [0.25, 0.3) is 32.9 Å². The van der Waals surface area contributed by atoms with Crippen molar-refractivity contribution in [1.82, 2.24) is 14.9 Å². The molecular weight excluding hydrogens is 420 g/mol. The van der Waals surface area contributed by atoms with Crippen LogP contribution in [0.2, 0.25) is 0 Å². The lowest BCUT2D eigenvalue weighted by molar-refractivity contribution is 0.0748. The highest BCUT2D eigenvalue weighted by atomic mass is 16.2. The van der Waals surface area contributed by atoms with Crippen molar-refractivity contribution in [2.45, 2.75) is 0 Å². The molecule has 0 saturated carbocycles. The molecule has 0 atom stereocenters. The van der Waals surface area contributed by atoms with Gasteiger partial charge >= 0.3 is 0 Å². The first-order valence-corrected chi connectivity index (χ1v) is 11.6. The molecule has 3 heterocycles. The number of hydrogen-bond acceptors (Lipinski definition) is 4. The second-order valence-electron chi connectivity index (χ2n) is 8.57. The van der Waals surface area contributed by atoms with Crippen LogP contribution in [0.4, 0.5) is 5.82 Å². The van der Waals surface area contributed by atoms with Gasteiger partial charge in [-0.2, -0.15) is 0 Å². The van der Waals surface area contributed by atoms with Gasteiger partial charge in [-0.1, -0.05) is 66.7 Å². The van der Waals surface area contributed by atoms with Crippen molar-refractivity contribution in [2.75, 3.05) is 31.1 Å². The van der Waals surface area contributed by atoms with Gasteiger partial charge in [-0.25, -0.2) is 9.97 Å². The van der Waals surface area contributed by atoms with Crippen molar-refractivity contribution in [3.63, 3.8) is 0 Å². The number of para-hydroxylation sites is 1. The molecule has 0 unspecified atom stereocenters. The van der Waals surface area contributed by atoms with Crippen molar-refractivity contribution in [3.8, 4) is 11.3 Å². The highest BCUT2D eigenvalue weighted by molar-refractivity contribution is 6.08. The van der Waals surface area contributed by atoms with Gasteiger partial charge in [0.2, 0.25) is 0 Å². The van der Waals surface area contributed by atoms with Crippen molar-refractivity contribution in [3.05, 3.63) is 103 Å². The van der Waals surface area contributed by atoms with Gasteiger partial charge in [0.25, 0.3) is 5.91 Å². The number of hydrogen-bond donors (Lipinski definition) is 0. The van der Waals surface area contributed by atoms with Crippen LogP contribution >= 0.6 is 0 Å². The van der Waals surface area contributed by atoms with E-state index in [2.05, 4.69) is 34.1 Å². The molecule has 5 aromatic rings. The number of carbonyl (C=O) groups excluding carboxylic acids is 1. The molecule has 166 valence electrons. The molecule has 1 aliphatic rings. The summed E-state index contributed by atoms with van der Waals surface area (Å²) < 4.78 is 0. The number of carbonyl (C=O) groups is 1. The first-order chi connectivity index (χ1) is 16.8. The molecule has 2 aromatic heterocycles. The monoisotopic (exact) mass is 444 g/mol. The molecule has 0 aliphatic carbocycles. The average molecular weight is 445 g/mol. The Labute approximate surface area is 198 Å². The Kier molecular flexibility index (Phi) is 5.15. The molecule has 0 N–H and O–H groups in total. The van der Waals surface area contributed by atoms with Crippen molar-refractivity contribution >= 4 is 33.4 Å². The van der Waals surface area contributed by atoms with Crippen LogP contribution in [-0.2, 0) is 0 Å². The van der Waals surface area contributed by atoms with Crippen LogP contribution in [0.3, 0.4) is 0 Å². The summed E-state index contributed by atoms with van der Waals surface area (Å²) in [4.78, 5) is 27.4. The standard InChI is InChI=1S/C29H24N4O/c34-29(33-18-16-32(17-19-33)28-14-5-6-15-30-28)25-20-27(31-26-13-4-3-11-24(25)26)23-12-7-9-21-8-1-2-10-22(21)23/h1-15,20H,16-19H2. The van der Waals surface area contributed by atoms with E-state index < -0.39 is 0 Å². The first kappa shape index (κ1) is 20.4. The van der Waals surface area contributed by atoms with E-state index in [1.165, 1.54) is 0 Å². The van der Waals surface area contributed by atoms with E-state index in [-0.39, 0.29) is 5.91 Å². The van der Waals surface area contributed by atoms with Gasteiger partial charge in [-0.15, -0.1) is 0 Å². The van der Waals surface area contributed by atoms with E-state index in [1.54, 1.807) is 0 Å². The molecule has 1 aliphatic heterocycles. The molecular formula is C29H24N4O. The highest BCUT2D eigenvalue weighted by Gasteiger charge is 2.25. The summed E-state index contributed by atoms with van der Waals surface area (Å²) in [5.74, 6) is 1.02. The molecule has 0 radical (unpaired) electrons. The van der Waals surface area contributed by atoms with Crippen molar-refractivity contribution in [1.29, 1.82) is 0 Å².